The van der Waals surface area contributed by atoms with E-state index in [4.69, 9.17) is 9.47 Å². The Balaban J connectivity index is 1.54. The quantitative estimate of drug-likeness (QED) is 0.868. The molecule has 3 rings (SSSR count). The predicted octanol–water partition coefficient (Wildman–Crippen LogP) is 2.77. The highest BCUT2D eigenvalue weighted by Crippen LogP contribution is 2.20. The molecule has 0 radical (unpaired) electrons. The van der Waals surface area contributed by atoms with Crippen molar-refractivity contribution in [1.29, 1.82) is 0 Å². The Morgan fingerprint density at radius 1 is 1.20 bits per heavy atom. The Hall–Kier alpha value is -0.970. The summed E-state index contributed by atoms with van der Waals surface area (Å²) in [7, 11) is 0. The first kappa shape index (κ1) is 14.0. The molecule has 3 nitrogen and oxygen atoms in total. The molecule has 1 aliphatic carbocycles. The third-order valence-corrected chi connectivity index (χ3v) is 3.93. The van der Waals surface area contributed by atoms with Gasteiger partial charge < -0.3 is 14.8 Å². The van der Waals surface area contributed by atoms with Crippen molar-refractivity contribution in [3.63, 3.8) is 0 Å². The van der Waals surface area contributed by atoms with E-state index >= 15 is 0 Å². The fraction of sp³-hybridized carbons (Fsp3) is 0.625. The third kappa shape index (κ3) is 4.01. The molecule has 110 valence electrons. The molecule has 0 amide bonds. The lowest BCUT2D eigenvalue weighted by atomic mass is 10.1. The van der Waals surface area contributed by atoms with Gasteiger partial charge in [0.1, 0.15) is 5.82 Å². The van der Waals surface area contributed by atoms with Gasteiger partial charge >= 0.3 is 0 Å². The largest absolute Gasteiger partial charge is 0.381 e. The molecule has 1 heterocycles. The first-order valence-electron chi connectivity index (χ1n) is 7.51. The predicted molar refractivity (Wildman–Crippen MR) is 74.9 cm³/mol. The maximum absolute atomic E-state index is 13.8. The molecule has 1 saturated heterocycles. The first-order valence-corrected chi connectivity index (χ1v) is 7.51. The Labute approximate surface area is 119 Å². The van der Waals surface area contributed by atoms with E-state index in [0.717, 1.165) is 38.2 Å². The molecule has 20 heavy (non-hydrogen) atoms. The average molecular weight is 279 g/mol. The van der Waals surface area contributed by atoms with Gasteiger partial charge in [0, 0.05) is 31.4 Å². The van der Waals surface area contributed by atoms with Gasteiger partial charge in [-0.25, -0.2) is 4.39 Å². The molecule has 2 fully saturated rings. The van der Waals surface area contributed by atoms with Crippen LogP contribution >= 0.6 is 0 Å². The van der Waals surface area contributed by atoms with E-state index in [9.17, 15) is 4.39 Å². The van der Waals surface area contributed by atoms with E-state index < -0.39 is 0 Å². The molecule has 1 aromatic rings. The number of ether oxygens (including phenoxy) is 2. The zero-order chi connectivity index (χ0) is 13.8. The highest BCUT2D eigenvalue weighted by molar-refractivity contribution is 5.24. The molecular weight excluding hydrogens is 257 g/mol. The van der Waals surface area contributed by atoms with E-state index in [1.807, 2.05) is 12.1 Å². The maximum Gasteiger partial charge on any atom is 0.128 e. The van der Waals surface area contributed by atoms with Crippen LogP contribution < -0.4 is 5.32 Å². The molecule has 0 spiro atoms. The topological polar surface area (TPSA) is 30.5 Å². The van der Waals surface area contributed by atoms with Crippen molar-refractivity contribution in [2.24, 2.45) is 0 Å². The van der Waals surface area contributed by atoms with Crippen LogP contribution in [0.15, 0.2) is 18.2 Å². The second-order valence-electron chi connectivity index (χ2n) is 5.70. The van der Waals surface area contributed by atoms with Crippen molar-refractivity contribution in [3.05, 3.63) is 35.1 Å². The molecule has 1 N–H and O–H groups in total. The van der Waals surface area contributed by atoms with Gasteiger partial charge in [-0.1, -0.05) is 6.07 Å². The minimum absolute atomic E-state index is 0.174. The van der Waals surface area contributed by atoms with Gasteiger partial charge in [0.2, 0.25) is 0 Å². The minimum Gasteiger partial charge on any atom is -0.381 e. The van der Waals surface area contributed by atoms with Crippen molar-refractivity contribution in [3.8, 4) is 0 Å². The lowest BCUT2D eigenvalue weighted by molar-refractivity contribution is -0.0397. The van der Waals surface area contributed by atoms with Crippen LogP contribution in [0.5, 0.6) is 0 Å². The summed E-state index contributed by atoms with van der Waals surface area (Å²) in [6, 6.07) is 5.99. The summed E-state index contributed by atoms with van der Waals surface area (Å²) in [5, 5.41) is 3.45. The van der Waals surface area contributed by atoms with Gasteiger partial charge in [-0.05, 0) is 43.4 Å². The van der Waals surface area contributed by atoms with E-state index in [-0.39, 0.29) is 11.9 Å². The number of benzene rings is 1. The standard InChI is InChI=1S/C16H22FNO2/c17-16-4-1-12(10-18-14-2-3-14)9-13(16)11-20-15-5-7-19-8-6-15/h1,4,9,14-15,18H,2-3,5-8,10-11H2. The van der Waals surface area contributed by atoms with Gasteiger partial charge in [0.15, 0.2) is 0 Å². The van der Waals surface area contributed by atoms with Crippen LogP contribution in [0.25, 0.3) is 0 Å². The Bertz CT molecular complexity index is 442. The summed E-state index contributed by atoms with van der Waals surface area (Å²) in [4.78, 5) is 0. The zero-order valence-corrected chi connectivity index (χ0v) is 11.7. The molecule has 0 unspecified atom stereocenters. The van der Waals surface area contributed by atoms with Crippen molar-refractivity contribution in [2.45, 2.75) is 51.0 Å². The SMILES string of the molecule is Fc1ccc(CNC2CC2)cc1COC1CCOCC1. The first-order chi connectivity index (χ1) is 9.81. The molecule has 1 aliphatic heterocycles. The molecule has 0 atom stereocenters. The lowest BCUT2D eigenvalue weighted by Gasteiger charge is -2.22. The highest BCUT2D eigenvalue weighted by Gasteiger charge is 2.20. The van der Waals surface area contributed by atoms with Crippen molar-refractivity contribution in [1.82, 2.24) is 5.32 Å². The summed E-state index contributed by atoms with van der Waals surface area (Å²) in [5.41, 5.74) is 1.79. The van der Waals surface area contributed by atoms with E-state index in [1.165, 1.54) is 12.8 Å². The smallest absolute Gasteiger partial charge is 0.128 e. The van der Waals surface area contributed by atoms with Gasteiger partial charge in [0.05, 0.1) is 12.7 Å². The molecule has 1 saturated carbocycles. The van der Waals surface area contributed by atoms with Crippen LogP contribution in [0.2, 0.25) is 0 Å². The number of hydrogen-bond acceptors (Lipinski definition) is 3. The van der Waals surface area contributed by atoms with E-state index in [2.05, 4.69) is 5.32 Å². The molecule has 0 bridgehead atoms. The van der Waals surface area contributed by atoms with Crippen LogP contribution in [0.4, 0.5) is 4.39 Å². The summed E-state index contributed by atoms with van der Waals surface area (Å²) in [6.07, 6.45) is 4.55. The summed E-state index contributed by atoms with van der Waals surface area (Å²) in [5.74, 6) is -0.174. The summed E-state index contributed by atoms with van der Waals surface area (Å²) >= 11 is 0. The number of hydrogen-bond donors (Lipinski definition) is 1. The average Bonchev–Trinajstić information content (AvgIpc) is 3.30. The second kappa shape index (κ2) is 6.66. The number of nitrogens with one attached hydrogen (secondary N) is 1. The Kier molecular flexibility index (Phi) is 4.65. The van der Waals surface area contributed by atoms with Crippen molar-refractivity contribution in [2.75, 3.05) is 13.2 Å². The fourth-order valence-corrected chi connectivity index (χ4v) is 2.45. The van der Waals surface area contributed by atoms with Crippen molar-refractivity contribution >= 4 is 0 Å². The van der Waals surface area contributed by atoms with E-state index in [1.54, 1.807) is 6.07 Å². The van der Waals surface area contributed by atoms with Gasteiger partial charge in [-0.3, -0.25) is 0 Å². The zero-order valence-electron chi connectivity index (χ0n) is 11.7. The second-order valence-corrected chi connectivity index (χ2v) is 5.70. The number of halogens is 1. The Morgan fingerprint density at radius 3 is 2.75 bits per heavy atom. The van der Waals surface area contributed by atoms with Gasteiger partial charge in [-0.15, -0.1) is 0 Å². The van der Waals surface area contributed by atoms with Gasteiger partial charge in [-0.2, -0.15) is 0 Å². The van der Waals surface area contributed by atoms with Crippen LogP contribution in [-0.4, -0.2) is 25.4 Å². The maximum atomic E-state index is 13.8. The van der Waals surface area contributed by atoms with Crippen LogP contribution in [0, 0.1) is 5.82 Å². The Morgan fingerprint density at radius 2 is 2.00 bits per heavy atom. The highest BCUT2D eigenvalue weighted by atomic mass is 19.1. The molecule has 4 heteroatoms. The monoisotopic (exact) mass is 279 g/mol. The fourth-order valence-electron chi connectivity index (χ4n) is 2.45. The van der Waals surface area contributed by atoms with Crippen LogP contribution in [0.1, 0.15) is 36.8 Å². The molecule has 2 aliphatic rings. The van der Waals surface area contributed by atoms with Gasteiger partial charge in [0.25, 0.3) is 0 Å². The lowest BCUT2D eigenvalue weighted by Crippen LogP contribution is -2.23. The molecular formula is C16H22FNO2. The molecule has 1 aromatic carbocycles. The normalized spacial score (nSPS) is 20.2. The molecule has 0 aromatic heterocycles. The van der Waals surface area contributed by atoms with Crippen LogP contribution in [0.3, 0.4) is 0 Å². The minimum atomic E-state index is -0.174. The van der Waals surface area contributed by atoms with Crippen molar-refractivity contribution < 1.29 is 13.9 Å². The van der Waals surface area contributed by atoms with E-state index in [0.29, 0.717) is 18.2 Å². The number of rotatable bonds is 6. The summed E-state index contributed by atoms with van der Waals surface area (Å²) in [6.45, 7) is 2.67. The van der Waals surface area contributed by atoms with Crippen LogP contribution in [-0.2, 0) is 22.6 Å². The summed E-state index contributed by atoms with van der Waals surface area (Å²) < 4.78 is 24.9. The third-order valence-electron chi connectivity index (χ3n) is 3.93.